The number of carbonyl (C=O) groups excluding carboxylic acids is 1. The van der Waals surface area contributed by atoms with Crippen LogP contribution in [0.5, 0.6) is 5.75 Å². The van der Waals surface area contributed by atoms with Crippen molar-refractivity contribution < 1.29 is 18.7 Å². The molecule has 0 bridgehead atoms. The predicted molar refractivity (Wildman–Crippen MR) is 96.1 cm³/mol. The number of ether oxygens (including phenoxy) is 2. The van der Waals surface area contributed by atoms with Crippen molar-refractivity contribution in [3.8, 4) is 5.75 Å². The van der Waals surface area contributed by atoms with Gasteiger partial charge in [0.15, 0.2) is 10.6 Å². The molecule has 0 aliphatic rings. The number of hydrogen-bond acceptors (Lipinski definition) is 5. The Morgan fingerprint density at radius 1 is 1.28 bits per heavy atom. The van der Waals surface area contributed by atoms with Crippen LogP contribution in [0.3, 0.4) is 0 Å². The first-order chi connectivity index (χ1) is 12.2. The van der Waals surface area contributed by atoms with Gasteiger partial charge in [-0.1, -0.05) is 11.3 Å². The van der Waals surface area contributed by atoms with E-state index in [0.717, 1.165) is 16.0 Å². The lowest BCUT2D eigenvalue weighted by Gasteiger charge is -2.06. The van der Waals surface area contributed by atoms with Crippen molar-refractivity contribution in [2.45, 2.75) is 20.4 Å². The fourth-order valence-electron chi connectivity index (χ4n) is 2.45. The van der Waals surface area contributed by atoms with Crippen molar-refractivity contribution in [2.24, 2.45) is 4.99 Å². The number of nitrogens with zero attached hydrogens (tertiary/aromatic N) is 2. The molecule has 0 saturated carbocycles. The second-order valence-corrected chi connectivity index (χ2v) is 6.20. The summed E-state index contributed by atoms with van der Waals surface area (Å²) in [5.74, 6) is 0.632. The van der Waals surface area contributed by atoms with Gasteiger partial charge in [-0.2, -0.15) is 4.99 Å². The van der Waals surface area contributed by atoms with Crippen molar-refractivity contribution >= 4 is 27.5 Å². The lowest BCUT2D eigenvalue weighted by Crippen LogP contribution is -2.19. The summed E-state index contributed by atoms with van der Waals surface area (Å²) in [5.41, 5.74) is 0.999. The molecule has 1 aromatic carbocycles. The highest BCUT2D eigenvalue weighted by atomic mass is 32.1. The number of thiazole rings is 1. The Labute approximate surface area is 149 Å². The predicted octanol–water partition coefficient (Wildman–Crippen LogP) is 3.47. The molecule has 7 heteroatoms. The molecule has 3 rings (SSSR count). The van der Waals surface area contributed by atoms with Crippen LogP contribution in [0.1, 0.15) is 24.4 Å². The smallest absolute Gasteiger partial charge is 0.315 e. The maximum atomic E-state index is 12.3. The number of hydrogen-bond donors (Lipinski definition) is 0. The monoisotopic (exact) mass is 360 g/mol. The summed E-state index contributed by atoms with van der Waals surface area (Å²) in [6, 6.07) is 9.16. The highest BCUT2D eigenvalue weighted by Crippen LogP contribution is 2.23. The second-order valence-electron chi connectivity index (χ2n) is 5.19. The van der Waals surface area contributed by atoms with Crippen LogP contribution in [-0.2, 0) is 11.3 Å². The lowest BCUT2D eigenvalue weighted by molar-refractivity contribution is 0.0970. The Bertz CT molecular complexity index is 909. The zero-order valence-electron chi connectivity index (χ0n) is 14.2. The highest BCUT2D eigenvalue weighted by Gasteiger charge is 2.11. The van der Waals surface area contributed by atoms with Crippen molar-refractivity contribution in [1.82, 2.24) is 4.57 Å². The molecule has 0 radical (unpaired) electrons. The van der Waals surface area contributed by atoms with E-state index in [1.807, 2.05) is 36.6 Å². The number of aromatic nitrogens is 1. The van der Waals surface area contributed by atoms with E-state index in [-0.39, 0.29) is 5.76 Å². The number of carbonyl (C=O) groups is 1. The minimum Gasteiger partial charge on any atom is -0.494 e. The Hall–Kier alpha value is -2.38. The minimum absolute atomic E-state index is 0.226. The first kappa shape index (κ1) is 17.4. The topological polar surface area (TPSA) is 66.0 Å². The number of rotatable bonds is 7. The maximum Gasteiger partial charge on any atom is 0.315 e. The lowest BCUT2D eigenvalue weighted by atomic mass is 10.3. The summed E-state index contributed by atoms with van der Waals surface area (Å²) >= 11 is 1.45. The van der Waals surface area contributed by atoms with E-state index < -0.39 is 5.91 Å². The molecule has 6 nitrogen and oxygen atoms in total. The standard InChI is InChI=1S/C18H20N2O4S/c1-3-22-11-9-20-14-8-7-13(23-4-2)12-16(14)25-18(20)19-17(21)15-6-5-10-24-15/h5-8,10,12H,3-4,9,11H2,1-2H3. The summed E-state index contributed by atoms with van der Waals surface area (Å²) < 4.78 is 19.2. The van der Waals surface area contributed by atoms with Gasteiger partial charge in [-0.25, -0.2) is 0 Å². The average Bonchev–Trinajstić information content (AvgIpc) is 3.24. The molecule has 0 saturated heterocycles. The summed E-state index contributed by atoms with van der Waals surface area (Å²) in [5, 5.41) is 0. The fourth-order valence-corrected chi connectivity index (χ4v) is 3.54. The molecule has 0 unspecified atom stereocenters. The van der Waals surface area contributed by atoms with Crippen molar-refractivity contribution in [3.63, 3.8) is 0 Å². The summed E-state index contributed by atoms with van der Waals surface area (Å²) in [4.78, 5) is 17.1. The van der Waals surface area contributed by atoms with Crippen LogP contribution in [0, 0.1) is 0 Å². The second kappa shape index (κ2) is 8.13. The molecular formula is C18H20N2O4S. The largest absolute Gasteiger partial charge is 0.494 e. The SMILES string of the molecule is CCOCCn1c(=NC(=O)c2ccco2)sc2cc(OCC)ccc21. The number of amides is 1. The molecule has 0 aliphatic carbocycles. The molecule has 25 heavy (non-hydrogen) atoms. The molecule has 0 N–H and O–H groups in total. The van der Waals surface area contributed by atoms with E-state index in [4.69, 9.17) is 13.9 Å². The van der Waals surface area contributed by atoms with E-state index in [1.54, 1.807) is 12.1 Å². The molecule has 0 spiro atoms. The van der Waals surface area contributed by atoms with Gasteiger partial charge in [0.2, 0.25) is 0 Å². The molecule has 3 aromatic rings. The van der Waals surface area contributed by atoms with E-state index in [0.29, 0.717) is 31.2 Å². The van der Waals surface area contributed by atoms with Crippen LogP contribution >= 0.6 is 11.3 Å². The molecule has 0 atom stereocenters. The molecule has 2 heterocycles. The Kier molecular flexibility index (Phi) is 5.67. The van der Waals surface area contributed by atoms with E-state index >= 15 is 0 Å². The first-order valence-corrected chi connectivity index (χ1v) is 9.01. The number of furan rings is 1. The van der Waals surface area contributed by atoms with Gasteiger partial charge in [-0.15, -0.1) is 0 Å². The zero-order valence-corrected chi connectivity index (χ0v) is 15.0. The molecule has 0 aliphatic heterocycles. The molecule has 132 valence electrons. The summed E-state index contributed by atoms with van der Waals surface area (Å²) in [6.45, 7) is 6.33. The molecule has 0 fully saturated rings. The van der Waals surface area contributed by atoms with Gasteiger partial charge >= 0.3 is 5.91 Å². The van der Waals surface area contributed by atoms with E-state index in [1.165, 1.54) is 17.6 Å². The van der Waals surface area contributed by atoms with Gasteiger partial charge in [-0.3, -0.25) is 4.79 Å². The van der Waals surface area contributed by atoms with Gasteiger partial charge in [0.25, 0.3) is 0 Å². The summed E-state index contributed by atoms with van der Waals surface area (Å²) in [7, 11) is 0. The van der Waals surface area contributed by atoms with E-state index in [9.17, 15) is 4.79 Å². The van der Waals surface area contributed by atoms with Crippen molar-refractivity contribution in [3.05, 3.63) is 47.2 Å². The van der Waals surface area contributed by atoms with E-state index in [2.05, 4.69) is 4.99 Å². The Morgan fingerprint density at radius 2 is 2.16 bits per heavy atom. The first-order valence-electron chi connectivity index (χ1n) is 8.19. The molecule has 2 aromatic heterocycles. The van der Waals surface area contributed by atoms with Crippen molar-refractivity contribution in [1.29, 1.82) is 0 Å². The van der Waals surface area contributed by atoms with Gasteiger partial charge in [-0.05, 0) is 44.2 Å². The quantitative estimate of drug-likeness (QED) is 0.605. The maximum absolute atomic E-state index is 12.3. The fraction of sp³-hybridized carbons (Fsp3) is 0.333. The molecule has 1 amide bonds. The van der Waals surface area contributed by atoms with Gasteiger partial charge in [0.1, 0.15) is 5.75 Å². The Morgan fingerprint density at radius 3 is 2.88 bits per heavy atom. The number of fused-ring (bicyclic) bond motifs is 1. The average molecular weight is 360 g/mol. The van der Waals surface area contributed by atoms with Crippen LogP contribution in [0.15, 0.2) is 46.0 Å². The minimum atomic E-state index is -0.397. The third-order valence-corrected chi connectivity index (χ3v) is 4.60. The van der Waals surface area contributed by atoms with Crippen LogP contribution in [0.4, 0.5) is 0 Å². The van der Waals surface area contributed by atoms with Gasteiger partial charge < -0.3 is 18.5 Å². The normalized spacial score (nSPS) is 12.0. The Balaban J connectivity index is 2.04. The third-order valence-electron chi connectivity index (χ3n) is 3.56. The highest BCUT2D eigenvalue weighted by molar-refractivity contribution is 7.16. The van der Waals surface area contributed by atoms with Gasteiger partial charge in [0.05, 0.1) is 29.7 Å². The third kappa shape index (κ3) is 4.00. The van der Waals surface area contributed by atoms with Gasteiger partial charge in [0, 0.05) is 13.2 Å². The van der Waals surface area contributed by atoms with Crippen LogP contribution < -0.4 is 9.54 Å². The zero-order chi connectivity index (χ0) is 17.6. The number of benzene rings is 1. The van der Waals surface area contributed by atoms with Crippen LogP contribution in [0.2, 0.25) is 0 Å². The van der Waals surface area contributed by atoms with Crippen molar-refractivity contribution in [2.75, 3.05) is 19.8 Å². The van der Waals surface area contributed by atoms with Crippen LogP contribution in [0.25, 0.3) is 10.2 Å². The summed E-state index contributed by atoms with van der Waals surface area (Å²) in [6.07, 6.45) is 1.46. The van der Waals surface area contributed by atoms with Crippen LogP contribution in [-0.4, -0.2) is 30.3 Å². The molecular weight excluding hydrogens is 340 g/mol.